The van der Waals surface area contributed by atoms with E-state index in [-0.39, 0.29) is 18.7 Å². The maximum absolute atomic E-state index is 11.8. The lowest BCUT2D eigenvalue weighted by atomic mass is 10.2. The molecule has 0 fully saturated rings. The van der Waals surface area contributed by atoms with Crippen LogP contribution in [0, 0.1) is 0 Å². The summed E-state index contributed by atoms with van der Waals surface area (Å²) in [4.78, 5) is 22.2. The number of carboxylic acids is 1. The van der Waals surface area contributed by atoms with Gasteiger partial charge in [0, 0.05) is 23.7 Å². The summed E-state index contributed by atoms with van der Waals surface area (Å²) in [6.07, 6.45) is 1.46. The van der Waals surface area contributed by atoms with E-state index in [9.17, 15) is 9.59 Å². The number of nitrogen functional groups attached to an aromatic ring is 1. The molecule has 1 aromatic heterocycles. The summed E-state index contributed by atoms with van der Waals surface area (Å²) in [6.45, 7) is 0. The fourth-order valence-electron chi connectivity index (χ4n) is 1.71. The zero-order valence-corrected chi connectivity index (χ0v) is 9.09. The Kier molecular flexibility index (Phi) is 2.82. The molecule has 1 aromatic carbocycles. The molecule has 17 heavy (non-hydrogen) atoms. The minimum absolute atomic E-state index is 0.0104. The predicted molar refractivity (Wildman–Crippen MR) is 63.8 cm³/mol. The highest BCUT2D eigenvalue weighted by Gasteiger charge is 2.10. The maximum Gasteiger partial charge on any atom is 0.303 e. The number of hydrogen-bond donors (Lipinski definition) is 2. The standard InChI is InChI=1S/C12H12N2O3/c13-9-1-2-10-8(7-9)5-6-14(10)11(15)3-4-12(16)17/h1-2,5-7H,3-4,13H2,(H,16,17). The van der Waals surface area contributed by atoms with E-state index in [0.29, 0.717) is 5.69 Å². The van der Waals surface area contributed by atoms with Crippen molar-refractivity contribution >= 4 is 28.5 Å². The molecule has 0 atom stereocenters. The third-order valence-corrected chi connectivity index (χ3v) is 2.54. The van der Waals surface area contributed by atoms with Crippen molar-refractivity contribution in [3.05, 3.63) is 30.5 Å². The number of nitrogens with zero attached hydrogens (tertiary/aromatic N) is 1. The van der Waals surface area contributed by atoms with E-state index in [4.69, 9.17) is 10.8 Å². The van der Waals surface area contributed by atoms with Gasteiger partial charge < -0.3 is 10.8 Å². The Morgan fingerprint density at radius 2 is 2.00 bits per heavy atom. The van der Waals surface area contributed by atoms with Gasteiger partial charge in [0.15, 0.2) is 0 Å². The first-order valence-corrected chi connectivity index (χ1v) is 5.19. The maximum atomic E-state index is 11.8. The van der Waals surface area contributed by atoms with Crippen molar-refractivity contribution in [3.8, 4) is 0 Å². The van der Waals surface area contributed by atoms with Crippen LogP contribution in [-0.2, 0) is 4.79 Å². The molecular weight excluding hydrogens is 220 g/mol. The normalized spacial score (nSPS) is 10.6. The number of fused-ring (bicyclic) bond motifs is 1. The molecule has 5 nitrogen and oxygen atoms in total. The number of aliphatic carboxylic acids is 1. The van der Waals surface area contributed by atoms with Crippen LogP contribution in [0.25, 0.3) is 10.9 Å². The molecule has 0 radical (unpaired) electrons. The van der Waals surface area contributed by atoms with Gasteiger partial charge in [-0.1, -0.05) is 0 Å². The molecule has 0 aliphatic heterocycles. The molecule has 0 amide bonds. The van der Waals surface area contributed by atoms with E-state index in [2.05, 4.69) is 0 Å². The van der Waals surface area contributed by atoms with Crippen LogP contribution in [0.15, 0.2) is 30.5 Å². The first-order valence-electron chi connectivity index (χ1n) is 5.19. The molecule has 0 aliphatic carbocycles. The van der Waals surface area contributed by atoms with E-state index in [0.717, 1.165) is 10.9 Å². The van der Waals surface area contributed by atoms with E-state index in [1.54, 1.807) is 30.5 Å². The Hall–Kier alpha value is -2.30. The van der Waals surface area contributed by atoms with Crippen molar-refractivity contribution in [1.82, 2.24) is 4.57 Å². The van der Waals surface area contributed by atoms with Gasteiger partial charge in [0.2, 0.25) is 5.91 Å². The molecule has 0 unspecified atom stereocenters. The predicted octanol–water partition coefficient (Wildman–Crippen LogP) is 1.73. The van der Waals surface area contributed by atoms with Crippen molar-refractivity contribution in [2.75, 3.05) is 5.73 Å². The Balaban J connectivity index is 2.29. The van der Waals surface area contributed by atoms with E-state index >= 15 is 0 Å². The highest BCUT2D eigenvalue weighted by Crippen LogP contribution is 2.19. The quantitative estimate of drug-likeness (QED) is 0.789. The molecule has 0 aliphatic rings. The van der Waals surface area contributed by atoms with Crippen molar-refractivity contribution < 1.29 is 14.7 Å². The number of benzene rings is 1. The van der Waals surface area contributed by atoms with Crippen LogP contribution >= 0.6 is 0 Å². The summed E-state index contributed by atoms with van der Waals surface area (Å²) in [7, 11) is 0. The lowest BCUT2D eigenvalue weighted by molar-refractivity contribution is -0.136. The van der Waals surface area contributed by atoms with Crippen LogP contribution in [-0.4, -0.2) is 21.6 Å². The molecule has 0 bridgehead atoms. The number of carbonyl (C=O) groups is 2. The van der Waals surface area contributed by atoms with Crippen LogP contribution < -0.4 is 5.73 Å². The summed E-state index contributed by atoms with van der Waals surface area (Å²) in [5, 5.41) is 9.40. The topological polar surface area (TPSA) is 85.3 Å². The minimum atomic E-state index is -0.973. The number of anilines is 1. The average molecular weight is 232 g/mol. The van der Waals surface area contributed by atoms with Gasteiger partial charge in [-0.15, -0.1) is 0 Å². The fourth-order valence-corrected chi connectivity index (χ4v) is 1.71. The molecule has 2 aromatic rings. The second-order valence-corrected chi connectivity index (χ2v) is 3.79. The average Bonchev–Trinajstić information content (AvgIpc) is 2.68. The first-order chi connectivity index (χ1) is 8.08. The fraction of sp³-hybridized carbons (Fsp3) is 0.167. The first kappa shape index (κ1) is 11.2. The van der Waals surface area contributed by atoms with Crippen LogP contribution in [0.3, 0.4) is 0 Å². The second kappa shape index (κ2) is 4.29. The Bertz CT molecular complexity index is 586. The third kappa shape index (κ3) is 2.28. The molecule has 0 saturated heterocycles. The summed E-state index contributed by atoms with van der Waals surface area (Å²) in [6, 6.07) is 7.02. The highest BCUT2D eigenvalue weighted by atomic mass is 16.4. The molecule has 0 saturated carbocycles. The number of nitrogens with two attached hydrogens (primary N) is 1. The lowest BCUT2D eigenvalue weighted by Gasteiger charge is -2.03. The van der Waals surface area contributed by atoms with Gasteiger partial charge >= 0.3 is 5.97 Å². The number of carboxylic acid groups (broad SMARTS) is 1. The number of carbonyl (C=O) groups excluding carboxylic acids is 1. The summed E-state index contributed by atoms with van der Waals surface area (Å²) < 4.78 is 1.46. The second-order valence-electron chi connectivity index (χ2n) is 3.79. The zero-order valence-electron chi connectivity index (χ0n) is 9.09. The molecule has 0 spiro atoms. The summed E-state index contributed by atoms with van der Waals surface area (Å²) in [5.74, 6) is -1.20. The summed E-state index contributed by atoms with van der Waals surface area (Å²) >= 11 is 0. The number of aromatic nitrogens is 1. The molecule has 2 rings (SSSR count). The number of rotatable bonds is 3. The third-order valence-electron chi connectivity index (χ3n) is 2.54. The lowest BCUT2D eigenvalue weighted by Crippen LogP contribution is -2.11. The van der Waals surface area contributed by atoms with E-state index in [1.807, 2.05) is 0 Å². The van der Waals surface area contributed by atoms with Gasteiger partial charge in [-0.2, -0.15) is 0 Å². The zero-order chi connectivity index (χ0) is 12.4. The Morgan fingerprint density at radius 3 is 2.71 bits per heavy atom. The smallest absolute Gasteiger partial charge is 0.303 e. The van der Waals surface area contributed by atoms with Crippen molar-refractivity contribution in [2.24, 2.45) is 0 Å². The minimum Gasteiger partial charge on any atom is -0.481 e. The van der Waals surface area contributed by atoms with E-state index in [1.165, 1.54) is 4.57 Å². The Morgan fingerprint density at radius 1 is 1.24 bits per heavy atom. The van der Waals surface area contributed by atoms with E-state index < -0.39 is 5.97 Å². The molecule has 1 heterocycles. The molecular formula is C12H12N2O3. The van der Waals surface area contributed by atoms with Gasteiger partial charge in [0.25, 0.3) is 0 Å². The van der Waals surface area contributed by atoms with Gasteiger partial charge in [0.05, 0.1) is 11.9 Å². The van der Waals surface area contributed by atoms with Crippen molar-refractivity contribution in [1.29, 1.82) is 0 Å². The van der Waals surface area contributed by atoms with Crippen LogP contribution in [0.5, 0.6) is 0 Å². The van der Waals surface area contributed by atoms with Crippen LogP contribution in [0.1, 0.15) is 17.6 Å². The van der Waals surface area contributed by atoms with Gasteiger partial charge in [-0.3, -0.25) is 14.2 Å². The molecule has 3 N–H and O–H groups in total. The Labute approximate surface area is 97.4 Å². The van der Waals surface area contributed by atoms with Gasteiger partial charge in [-0.25, -0.2) is 0 Å². The monoisotopic (exact) mass is 232 g/mol. The van der Waals surface area contributed by atoms with Gasteiger partial charge in [0.1, 0.15) is 0 Å². The molecule has 5 heteroatoms. The van der Waals surface area contributed by atoms with Gasteiger partial charge in [-0.05, 0) is 24.3 Å². The highest BCUT2D eigenvalue weighted by molar-refractivity contribution is 5.94. The van der Waals surface area contributed by atoms with Crippen molar-refractivity contribution in [3.63, 3.8) is 0 Å². The largest absolute Gasteiger partial charge is 0.481 e. The summed E-state index contributed by atoms with van der Waals surface area (Å²) in [5.41, 5.74) is 7.01. The SMILES string of the molecule is Nc1ccc2c(ccn2C(=O)CCC(=O)O)c1. The molecule has 88 valence electrons. The van der Waals surface area contributed by atoms with Crippen LogP contribution in [0.4, 0.5) is 5.69 Å². The number of hydrogen-bond acceptors (Lipinski definition) is 3. The van der Waals surface area contributed by atoms with Crippen LogP contribution in [0.2, 0.25) is 0 Å². The van der Waals surface area contributed by atoms with Crippen molar-refractivity contribution in [2.45, 2.75) is 12.8 Å².